The van der Waals surface area contributed by atoms with E-state index in [9.17, 15) is 14.0 Å². The van der Waals surface area contributed by atoms with E-state index in [1.807, 2.05) is 24.3 Å². The number of likely N-dealkylation sites (tertiary alicyclic amines) is 1. The first-order valence-corrected chi connectivity index (χ1v) is 11.6. The molecule has 2 aromatic carbocycles. The Balaban J connectivity index is 1.36. The number of ether oxygens (including phenoxy) is 1. The first-order chi connectivity index (χ1) is 17.5. The van der Waals surface area contributed by atoms with E-state index in [2.05, 4.69) is 10.4 Å². The standard InChI is InChI=1S/C27H25FN4O4/c1-35-23-4-2-3-18(15-23)25-24(16-32(30-25)22-7-5-20(28)6-8-22)26(33)29-21-9-12-31(13-10-21)27(34)19-11-14-36-17-19/h2-8,11,14-17,21H,9-10,12-13H2,1H3,(H,29,33). The topological polar surface area (TPSA) is 89.6 Å². The molecule has 8 nitrogen and oxygen atoms in total. The van der Waals surface area contributed by atoms with Gasteiger partial charge in [-0.15, -0.1) is 0 Å². The fraction of sp³-hybridized carbons (Fsp3) is 0.222. The van der Waals surface area contributed by atoms with Gasteiger partial charge in [0, 0.05) is 30.9 Å². The minimum absolute atomic E-state index is 0.0746. The summed E-state index contributed by atoms with van der Waals surface area (Å²) in [6, 6.07) is 14.8. The predicted molar refractivity (Wildman–Crippen MR) is 131 cm³/mol. The van der Waals surface area contributed by atoms with Crippen molar-refractivity contribution in [3.63, 3.8) is 0 Å². The molecular formula is C27H25FN4O4. The number of halogens is 1. The van der Waals surface area contributed by atoms with E-state index in [1.165, 1.54) is 24.7 Å². The lowest BCUT2D eigenvalue weighted by Gasteiger charge is -2.32. The third-order valence-electron chi connectivity index (χ3n) is 6.28. The second-order valence-electron chi connectivity index (χ2n) is 8.60. The summed E-state index contributed by atoms with van der Waals surface area (Å²) in [5, 5.41) is 7.75. The monoisotopic (exact) mass is 488 g/mol. The zero-order valence-corrected chi connectivity index (χ0v) is 19.7. The lowest BCUT2D eigenvalue weighted by molar-refractivity contribution is 0.0697. The second-order valence-corrected chi connectivity index (χ2v) is 8.60. The Morgan fingerprint density at radius 1 is 1.11 bits per heavy atom. The molecule has 1 aliphatic heterocycles. The first-order valence-electron chi connectivity index (χ1n) is 11.6. The number of furan rings is 1. The summed E-state index contributed by atoms with van der Waals surface area (Å²) >= 11 is 0. The number of amides is 2. The van der Waals surface area contributed by atoms with Gasteiger partial charge in [-0.2, -0.15) is 5.10 Å². The highest BCUT2D eigenvalue weighted by molar-refractivity contribution is 6.00. The zero-order chi connectivity index (χ0) is 25.1. The number of hydrogen-bond acceptors (Lipinski definition) is 5. The average molecular weight is 489 g/mol. The summed E-state index contributed by atoms with van der Waals surface area (Å²) in [6.07, 6.45) is 5.84. The van der Waals surface area contributed by atoms with Crippen LogP contribution >= 0.6 is 0 Å². The number of carbonyl (C=O) groups is 2. The molecule has 2 amide bonds. The van der Waals surface area contributed by atoms with Crippen molar-refractivity contribution in [3.05, 3.63) is 90.3 Å². The fourth-order valence-corrected chi connectivity index (χ4v) is 4.31. The molecular weight excluding hydrogens is 463 g/mol. The zero-order valence-electron chi connectivity index (χ0n) is 19.7. The van der Waals surface area contributed by atoms with Gasteiger partial charge in [0.15, 0.2) is 0 Å². The fourth-order valence-electron chi connectivity index (χ4n) is 4.31. The Morgan fingerprint density at radius 3 is 2.58 bits per heavy atom. The molecule has 36 heavy (non-hydrogen) atoms. The van der Waals surface area contributed by atoms with Crippen molar-refractivity contribution in [2.75, 3.05) is 20.2 Å². The molecule has 0 aliphatic carbocycles. The molecule has 9 heteroatoms. The highest BCUT2D eigenvalue weighted by Gasteiger charge is 2.27. The van der Waals surface area contributed by atoms with E-state index in [0.717, 1.165) is 5.56 Å². The molecule has 1 saturated heterocycles. The molecule has 2 aromatic heterocycles. The van der Waals surface area contributed by atoms with Crippen LogP contribution in [0.3, 0.4) is 0 Å². The molecule has 0 bridgehead atoms. The lowest BCUT2D eigenvalue weighted by Crippen LogP contribution is -2.46. The smallest absolute Gasteiger partial charge is 0.257 e. The van der Waals surface area contributed by atoms with Crippen LogP contribution in [0.1, 0.15) is 33.6 Å². The number of hydrogen-bond donors (Lipinski definition) is 1. The summed E-state index contributed by atoms with van der Waals surface area (Å²) in [5.41, 5.74) is 2.76. The molecule has 3 heterocycles. The van der Waals surface area contributed by atoms with Crippen molar-refractivity contribution in [1.29, 1.82) is 0 Å². The predicted octanol–water partition coefficient (Wildman–Crippen LogP) is 4.31. The van der Waals surface area contributed by atoms with Crippen LogP contribution in [-0.4, -0.2) is 52.7 Å². The Hall–Kier alpha value is -4.40. The average Bonchev–Trinajstić information content (AvgIpc) is 3.60. The third-order valence-corrected chi connectivity index (χ3v) is 6.28. The molecule has 0 atom stereocenters. The second kappa shape index (κ2) is 10.1. The Bertz CT molecular complexity index is 1360. The van der Waals surface area contributed by atoms with Gasteiger partial charge < -0.3 is 19.4 Å². The Kier molecular flexibility index (Phi) is 6.53. The summed E-state index contributed by atoms with van der Waals surface area (Å²) in [4.78, 5) is 27.7. The van der Waals surface area contributed by atoms with Crippen LogP contribution in [0.2, 0.25) is 0 Å². The molecule has 1 fully saturated rings. The van der Waals surface area contributed by atoms with Crippen LogP contribution < -0.4 is 10.1 Å². The highest BCUT2D eigenvalue weighted by atomic mass is 19.1. The van der Waals surface area contributed by atoms with Gasteiger partial charge in [0.05, 0.1) is 30.2 Å². The molecule has 0 radical (unpaired) electrons. The van der Waals surface area contributed by atoms with E-state index in [0.29, 0.717) is 54.2 Å². The van der Waals surface area contributed by atoms with Crippen molar-refractivity contribution in [2.24, 2.45) is 0 Å². The molecule has 1 N–H and O–H groups in total. The number of nitrogens with zero attached hydrogens (tertiary/aromatic N) is 3. The van der Waals surface area contributed by atoms with Crippen LogP contribution in [0.15, 0.2) is 77.7 Å². The first kappa shape index (κ1) is 23.3. The molecule has 1 aliphatic rings. The van der Waals surface area contributed by atoms with E-state index in [-0.39, 0.29) is 23.7 Å². The molecule has 0 unspecified atom stereocenters. The van der Waals surface area contributed by atoms with Gasteiger partial charge in [-0.3, -0.25) is 9.59 Å². The van der Waals surface area contributed by atoms with Gasteiger partial charge in [0.2, 0.25) is 0 Å². The minimum Gasteiger partial charge on any atom is -0.497 e. The van der Waals surface area contributed by atoms with Gasteiger partial charge in [-0.05, 0) is 55.3 Å². The largest absolute Gasteiger partial charge is 0.497 e. The van der Waals surface area contributed by atoms with E-state index < -0.39 is 0 Å². The molecule has 5 rings (SSSR count). The maximum absolute atomic E-state index is 13.4. The number of carbonyl (C=O) groups excluding carboxylic acids is 2. The summed E-state index contributed by atoms with van der Waals surface area (Å²) in [5.74, 6) is -0.0467. The normalized spacial score (nSPS) is 14.0. The van der Waals surface area contributed by atoms with E-state index in [4.69, 9.17) is 9.15 Å². The minimum atomic E-state index is -0.352. The Labute approximate surface area is 207 Å². The van der Waals surface area contributed by atoms with Crippen LogP contribution in [0.5, 0.6) is 5.75 Å². The maximum Gasteiger partial charge on any atom is 0.257 e. The number of methoxy groups -OCH3 is 1. The Morgan fingerprint density at radius 2 is 1.89 bits per heavy atom. The molecule has 0 spiro atoms. The van der Waals surface area contributed by atoms with Gasteiger partial charge in [-0.25, -0.2) is 9.07 Å². The van der Waals surface area contributed by atoms with Crippen LogP contribution in [0, 0.1) is 5.82 Å². The number of benzene rings is 2. The SMILES string of the molecule is COc1cccc(-c2nn(-c3ccc(F)cc3)cc2C(=O)NC2CCN(C(=O)c3ccoc3)CC2)c1. The van der Waals surface area contributed by atoms with Crippen molar-refractivity contribution in [1.82, 2.24) is 20.0 Å². The molecule has 184 valence electrons. The number of nitrogens with one attached hydrogen (secondary N) is 1. The maximum atomic E-state index is 13.4. The highest BCUT2D eigenvalue weighted by Crippen LogP contribution is 2.27. The van der Waals surface area contributed by atoms with Crippen molar-refractivity contribution >= 4 is 11.8 Å². The third kappa shape index (κ3) is 4.86. The van der Waals surface area contributed by atoms with Crippen LogP contribution in [0.4, 0.5) is 4.39 Å². The molecule has 0 saturated carbocycles. The number of piperidine rings is 1. The van der Waals surface area contributed by atoms with Gasteiger partial charge >= 0.3 is 0 Å². The van der Waals surface area contributed by atoms with Crippen LogP contribution in [0.25, 0.3) is 16.9 Å². The number of rotatable bonds is 6. The molecule has 4 aromatic rings. The van der Waals surface area contributed by atoms with Gasteiger partial charge in [0.25, 0.3) is 11.8 Å². The van der Waals surface area contributed by atoms with Crippen molar-refractivity contribution in [2.45, 2.75) is 18.9 Å². The number of aromatic nitrogens is 2. The van der Waals surface area contributed by atoms with Crippen molar-refractivity contribution < 1.29 is 23.1 Å². The van der Waals surface area contributed by atoms with Crippen LogP contribution in [-0.2, 0) is 0 Å². The summed E-state index contributed by atoms with van der Waals surface area (Å²) < 4.78 is 25.4. The lowest BCUT2D eigenvalue weighted by atomic mass is 10.0. The summed E-state index contributed by atoms with van der Waals surface area (Å²) in [7, 11) is 1.58. The van der Waals surface area contributed by atoms with Gasteiger partial charge in [-0.1, -0.05) is 12.1 Å². The quantitative estimate of drug-likeness (QED) is 0.437. The van der Waals surface area contributed by atoms with Gasteiger partial charge in [0.1, 0.15) is 23.5 Å². The van der Waals surface area contributed by atoms with E-state index in [1.54, 1.807) is 41.1 Å². The summed E-state index contributed by atoms with van der Waals surface area (Å²) in [6.45, 7) is 1.07. The van der Waals surface area contributed by atoms with Crippen molar-refractivity contribution in [3.8, 4) is 22.7 Å². The van der Waals surface area contributed by atoms with E-state index >= 15 is 0 Å².